The summed E-state index contributed by atoms with van der Waals surface area (Å²) in [5.41, 5.74) is 3.08. The molecule has 2 heterocycles. The summed E-state index contributed by atoms with van der Waals surface area (Å²) >= 11 is 3.20. The normalized spacial score (nSPS) is 8.88. The number of benzene rings is 2. The zero-order chi connectivity index (χ0) is 21.8. The first-order valence-electron chi connectivity index (χ1n) is 9.86. The minimum absolute atomic E-state index is 0.616. The van der Waals surface area contributed by atoms with Crippen molar-refractivity contribution in [3.8, 4) is 47.4 Å². The van der Waals surface area contributed by atoms with Gasteiger partial charge in [0.25, 0.3) is 0 Å². The highest BCUT2D eigenvalue weighted by Gasteiger charge is 1.99. The van der Waals surface area contributed by atoms with Crippen molar-refractivity contribution in [2.24, 2.45) is 0 Å². The Kier molecular flexibility index (Phi) is 7.42. The van der Waals surface area contributed by atoms with Crippen molar-refractivity contribution >= 4 is 22.7 Å². The van der Waals surface area contributed by atoms with Crippen LogP contribution in [0.2, 0.25) is 0 Å². The van der Waals surface area contributed by atoms with E-state index in [1.54, 1.807) is 22.7 Å². The Morgan fingerprint density at radius 1 is 0.438 bits per heavy atom. The largest absolute Gasteiger partial charge is 0.135 e. The van der Waals surface area contributed by atoms with Crippen LogP contribution < -0.4 is 0 Å². The molecule has 0 aliphatic heterocycles. The van der Waals surface area contributed by atoms with Crippen LogP contribution in [0.5, 0.6) is 0 Å². The minimum atomic E-state index is 0.616. The summed E-state index contributed by atoms with van der Waals surface area (Å²) in [6.07, 6.45) is 0. The average Bonchev–Trinajstić information content (AvgIpc) is 3.56. The molecule has 0 saturated heterocycles. The molecule has 0 nitrogen and oxygen atoms in total. The predicted molar refractivity (Wildman–Crippen MR) is 136 cm³/mol. The minimum Gasteiger partial charge on any atom is -0.135 e. The summed E-state index contributed by atoms with van der Waals surface area (Å²) in [6, 6.07) is 27.7. The first-order chi connectivity index (χ1) is 15.9. The Morgan fingerprint density at radius 3 is 1.22 bits per heavy atom. The summed E-state index contributed by atoms with van der Waals surface area (Å²) < 4.78 is 0. The first-order valence-corrected chi connectivity index (χ1v) is 11.6. The fraction of sp³-hybridized carbons (Fsp3) is 0. The molecule has 4 rings (SSSR count). The van der Waals surface area contributed by atoms with Gasteiger partial charge in [-0.3, -0.25) is 0 Å². The summed E-state index contributed by atoms with van der Waals surface area (Å²) in [5.74, 6) is 25.7. The van der Waals surface area contributed by atoms with E-state index in [1.807, 2.05) is 95.7 Å². The van der Waals surface area contributed by atoms with Gasteiger partial charge in [-0.05, 0) is 70.8 Å². The molecule has 0 N–H and O–H groups in total. The van der Waals surface area contributed by atoms with Crippen molar-refractivity contribution in [1.82, 2.24) is 0 Å². The van der Waals surface area contributed by atoms with E-state index in [0.29, 0.717) is 11.1 Å². The maximum Gasteiger partial charge on any atom is 0.0993 e. The van der Waals surface area contributed by atoms with E-state index in [-0.39, 0.29) is 0 Å². The third-order valence-electron chi connectivity index (χ3n) is 4.13. The van der Waals surface area contributed by atoms with Gasteiger partial charge < -0.3 is 0 Å². The molecule has 0 saturated carbocycles. The molecule has 0 radical (unpaired) electrons. The van der Waals surface area contributed by atoms with Crippen LogP contribution in [0.3, 0.4) is 0 Å². The van der Waals surface area contributed by atoms with Gasteiger partial charge >= 0.3 is 0 Å². The summed E-state index contributed by atoms with van der Waals surface area (Å²) in [4.78, 5) is 1.96. The number of rotatable bonds is 0. The average molecular weight is 441 g/mol. The molecule has 0 aliphatic carbocycles. The maximum atomic E-state index is 3.22. The van der Waals surface area contributed by atoms with Gasteiger partial charge in [-0.15, -0.1) is 22.7 Å². The molecule has 0 aliphatic rings. The lowest BCUT2D eigenvalue weighted by Crippen LogP contribution is -1.86. The van der Waals surface area contributed by atoms with Crippen LogP contribution in [0, 0.1) is 47.4 Å². The summed E-state index contributed by atoms with van der Waals surface area (Å²) in [5, 5.41) is 4.02. The van der Waals surface area contributed by atoms with E-state index in [2.05, 4.69) is 47.4 Å². The van der Waals surface area contributed by atoms with E-state index in [9.17, 15) is 0 Å². The molecule has 2 heteroatoms. The van der Waals surface area contributed by atoms with Crippen molar-refractivity contribution in [1.29, 1.82) is 0 Å². The Bertz CT molecular complexity index is 1330. The standard InChI is InChI=1S/C30H16S2/c1-3-9-25(10-4-1)15-17-27(18-16-26-11-5-2-6-12-26)28(19-21-29-13-7-23-31-29)20-22-30-14-8-24-32-30/h1-14,23-24H. The Labute approximate surface area is 197 Å². The van der Waals surface area contributed by atoms with Gasteiger partial charge in [-0.25, -0.2) is 0 Å². The van der Waals surface area contributed by atoms with Crippen LogP contribution in [0.25, 0.3) is 0 Å². The monoisotopic (exact) mass is 440 g/mol. The molecular weight excluding hydrogens is 424 g/mol. The third kappa shape index (κ3) is 6.41. The first kappa shape index (κ1) is 21.1. The molecule has 2 aromatic carbocycles. The zero-order valence-electron chi connectivity index (χ0n) is 17.1. The van der Waals surface area contributed by atoms with E-state index in [4.69, 9.17) is 0 Å². The van der Waals surface area contributed by atoms with Crippen molar-refractivity contribution < 1.29 is 0 Å². The lowest BCUT2D eigenvalue weighted by atomic mass is 10.1. The summed E-state index contributed by atoms with van der Waals surface area (Å²) in [6.45, 7) is 0. The Morgan fingerprint density at radius 2 is 0.844 bits per heavy atom. The van der Waals surface area contributed by atoms with E-state index in [1.165, 1.54) is 0 Å². The molecule has 0 atom stereocenters. The molecule has 148 valence electrons. The molecule has 0 spiro atoms. The molecule has 0 amide bonds. The molecule has 2 aromatic heterocycles. The number of thiophene rings is 2. The third-order valence-corrected chi connectivity index (χ3v) is 5.70. The quantitative estimate of drug-likeness (QED) is 0.270. The molecular formula is C30H16S2. The molecule has 32 heavy (non-hydrogen) atoms. The van der Waals surface area contributed by atoms with Gasteiger partial charge in [0.2, 0.25) is 0 Å². The fourth-order valence-corrected chi connectivity index (χ4v) is 3.71. The summed E-state index contributed by atoms with van der Waals surface area (Å²) in [7, 11) is 0. The lowest BCUT2D eigenvalue weighted by Gasteiger charge is -1.93. The Hall–Kier alpha value is -4.18. The predicted octanol–water partition coefficient (Wildman–Crippen LogP) is 6.61. The zero-order valence-corrected chi connectivity index (χ0v) is 18.7. The number of allylic oxidation sites excluding steroid dienone is 2. The van der Waals surface area contributed by atoms with Crippen LogP contribution in [0.4, 0.5) is 0 Å². The van der Waals surface area contributed by atoms with Crippen molar-refractivity contribution in [2.45, 2.75) is 0 Å². The van der Waals surface area contributed by atoms with Gasteiger partial charge in [-0.1, -0.05) is 72.2 Å². The highest BCUT2D eigenvalue weighted by atomic mass is 32.1. The van der Waals surface area contributed by atoms with Gasteiger partial charge in [0.15, 0.2) is 0 Å². The second kappa shape index (κ2) is 11.3. The van der Waals surface area contributed by atoms with Gasteiger partial charge in [0.05, 0.1) is 20.9 Å². The Balaban J connectivity index is 1.85. The van der Waals surface area contributed by atoms with Crippen LogP contribution >= 0.6 is 22.7 Å². The lowest BCUT2D eigenvalue weighted by molar-refractivity contribution is 1.63. The second-order valence-corrected chi connectivity index (χ2v) is 8.33. The van der Waals surface area contributed by atoms with Crippen LogP contribution in [0.1, 0.15) is 20.9 Å². The number of hydrogen-bond acceptors (Lipinski definition) is 2. The SMILES string of the molecule is C(#Cc1ccccc1)C(C#Cc1ccccc1)=C(C#Cc1cccs1)C#Cc1cccs1. The van der Waals surface area contributed by atoms with Crippen molar-refractivity contribution in [3.05, 3.63) is 128 Å². The maximum absolute atomic E-state index is 3.22. The van der Waals surface area contributed by atoms with E-state index < -0.39 is 0 Å². The molecule has 0 fully saturated rings. The van der Waals surface area contributed by atoms with Crippen molar-refractivity contribution in [2.75, 3.05) is 0 Å². The molecule has 4 aromatic rings. The van der Waals surface area contributed by atoms with Crippen molar-refractivity contribution in [3.63, 3.8) is 0 Å². The highest BCUT2D eigenvalue weighted by Crippen LogP contribution is 2.10. The van der Waals surface area contributed by atoms with E-state index in [0.717, 1.165) is 20.9 Å². The smallest absolute Gasteiger partial charge is 0.0993 e. The van der Waals surface area contributed by atoms with Gasteiger partial charge in [-0.2, -0.15) is 0 Å². The van der Waals surface area contributed by atoms with Gasteiger partial charge in [0.1, 0.15) is 0 Å². The van der Waals surface area contributed by atoms with Gasteiger partial charge in [0, 0.05) is 11.1 Å². The van der Waals surface area contributed by atoms with Crippen LogP contribution in [-0.4, -0.2) is 0 Å². The fourth-order valence-electron chi connectivity index (χ4n) is 2.57. The molecule has 0 bridgehead atoms. The topological polar surface area (TPSA) is 0 Å². The van der Waals surface area contributed by atoms with E-state index >= 15 is 0 Å². The van der Waals surface area contributed by atoms with Crippen LogP contribution in [-0.2, 0) is 0 Å². The highest BCUT2D eigenvalue weighted by molar-refractivity contribution is 7.10. The van der Waals surface area contributed by atoms with Crippen LogP contribution in [0.15, 0.2) is 107 Å². The second-order valence-electron chi connectivity index (χ2n) is 6.44. The number of hydrogen-bond donors (Lipinski definition) is 0. The molecule has 0 unspecified atom stereocenters.